The zero-order valence-electron chi connectivity index (χ0n) is 14.7. The largest absolute Gasteiger partial charge is 0.468 e. The van der Waals surface area contributed by atoms with Crippen LogP contribution < -0.4 is 4.90 Å². The van der Waals surface area contributed by atoms with E-state index in [1.54, 1.807) is 6.20 Å². The van der Waals surface area contributed by atoms with Crippen LogP contribution in [0.5, 0.6) is 0 Å². The number of methoxy groups -OCH3 is 1. The summed E-state index contributed by atoms with van der Waals surface area (Å²) in [5.74, 6) is 0.681. The molecule has 0 unspecified atom stereocenters. The van der Waals surface area contributed by atoms with Gasteiger partial charge in [0.25, 0.3) is 0 Å². The number of benzene rings is 1. The summed E-state index contributed by atoms with van der Waals surface area (Å²) in [7, 11) is 3.51. The summed E-state index contributed by atoms with van der Waals surface area (Å²) in [5.41, 5.74) is 0.982. The number of hydrogen-bond donors (Lipinski definition) is 0. The standard InChI is InChI=1S/C19H24N4O2/c1-22(17-9-6-12-20-21-17)16-10-13-23(14-11-16)18(19(24)25-2)15-7-4-3-5-8-15/h3-9,12,16,18H,10-11,13-14H2,1-2H3/t18-/m1/s1. The number of rotatable bonds is 5. The molecule has 1 atom stereocenters. The maximum absolute atomic E-state index is 12.4. The third-order valence-corrected chi connectivity index (χ3v) is 4.87. The second kappa shape index (κ2) is 8.07. The summed E-state index contributed by atoms with van der Waals surface area (Å²) in [6, 6.07) is 13.8. The molecule has 1 aromatic carbocycles. The quantitative estimate of drug-likeness (QED) is 0.779. The summed E-state index contributed by atoms with van der Waals surface area (Å²) >= 11 is 0. The van der Waals surface area contributed by atoms with Crippen LogP contribution in [0.1, 0.15) is 24.4 Å². The van der Waals surface area contributed by atoms with E-state index in [-0.39, 0.29) is 12.0 Å². The first-order valence-electron chi connectivity index (χ1n) is 8.58. The lowest BCUT2D eigenvalue weighted by atomic mass is 9.98. The number of likely N-dealkylation sites (tertiary alicyclic amines) is 1. The van der Waals surface area contributed by atoms with Crippen molar-refractivity contribution in [3.8, 4) is 0 Å². The zero-order chi connectivity index (χ0) is 17.6. The van der Waals surface area contributed by atoms with E-state index in [1.807, 2.05) is 42.5 Å². The number of nitrogens with zero attached hydrogens (tertiary/aromatic N) is 4. The summed E-state index contributed by atoms with van der Waals surface area (Å²) in [4.78, 5) is 16.7. The van der Waals surface area contributed by atoms with Gasteiger partial charge in [-0.2, -0.15) is 5.10 Å². The van der Waals surface area contributed by atoms with Crippen LogP contribution in [-0.2, 0) is 9.53 Å². The molecule has 6 heteroatoms. The molecule has 2 heterocycles. The Labute approximate surface area is 148 Å². The third-order valence-electron chi connectivity index (χ3n) is 4.87. The topological polar surface area (TPSA) is 58.6 Å². The van der Waals surface area contributed by atoms with Crippen LogP contribution in [0.4, 0.5) is 5.82 Å². The normalized spacial score (nSPS) is 17.0. The molecule has 2 aromatic rings. The Morgan fingerprint density at radius 1 is 1.20 bits per heavy atom. The van der Waals surface area contributed by atoms with Crippen molar-refractivity contribution in [2.24, 2.45) is 0 Å². The molecule has 1 aliphatic rings. The first-order valence-corrected chi connectivity index (χ1v) is 8.58. The molecule has 0 saturated carbocycles. The Bertz CT molecular complexity index is 672. The predicted molar refractivity (Wildman–Crippen MR) is 96.2 cm³/mol. The summed E-state index contributed by atoms with van der Waals surface area (Å²) < 4.78 is 5.05. The van der Waals surface area contributed by atoms with Gasteiger partial charge in [-0.25, -0.2) is 4.79 Å². The van der Waals surface area contributed by atoms with Crippen LogP contribution in [0.15, 0.2) is 48.7 Å². The van der Waals surface area contributed by atoms with Gasteiger partial charge >= 0.3 is 5.97 Å². The number of anilines is 1. The minimum Gasteiger partial charge on any atom is -0.468 e. The van der Waals surface area contributed by atoms with Gasteiger partial charge in [0.1, 0.15) is 6.04 Å². The Kier molecular flexibility index (Phi) is 5.60. The van der Waals surface area contributed by atoms with Gasteiger partial charge in [0.05, 0.1) is 7.11 Å². The fourth-order valence-corrected chi connectivity index (χ4v) is 3.44. The van der Waals surface area contributed by atoms with Gasteiger partial charge in [-0.3, -0.25) is 4.90 Å². The predicted octanol–water partition coefficient (Wildman–Crippen LogP) is 2.29. The SMILES string of the molecule is COC(=O)[C@@H](c1ccccc1)N1CCC(N(C)c2cccnn2)CC1. The molecule has 0 amide bonds. The molecule has 6 nitrogen and oxygen atoms in total. The molecule has 0 spiro atoms. The number of esters is 1. The Hall–Kier alpha value is -2.47. The smallest absolute Gasteiger partial charge is 0.327 e. The fourth-order valence-electron chi connectivity index (χ4n) is 3.44. The molecule has 0 bridgehead atoms. The van der Waals surface area contributed by atoms with Crippen molar-refractivity contribution < 1.29 is 9.53 Å². The van der Waals surface area contributed by atoms with E-state index in [0.717, 1.165) is 37.3 Å². The molecular formula is C19H24N4O2. The number of ether oxygens (including phenoxy) is 1. The van der Waals surface area contributed by atoms with Crippen LogP contribution in [0.25, 0.3) is 0 Å². The van der Waals surface area contributed by atoms with Crippen molar-refractivity contribution in [1.29, 1.82) is 0 Å². The highest BCUT2D eigenvalue weighted by molar-refractivity contribution is 5.77. The highest BCUT2D eigenvalue weighted by atomic mass is 16.5. The van der Waals surface area contributed by atoms with Crippen molar-refractivity contribution in [1.82, 2.24) is 15.1 Å². The highest BCUT2D eigenvalue weighted by Gasteiger charge is 2.32. The number of aromatic nitrogens is 2. The molecule has 132 valence electrons. The maximum Gasteiger partial charge on any atom is 0.327 e. The molecule has 3 rings (SSSR count). The van der Waals surface area contributed by atoms with Gasteiger partial charge in [-0.05, 0) is 30.5 Å². The molecule has 1 fully saturated rings. The molecule has 0 radical (unpaired) electrons. The van der Waals surface area contributed by atoms with Gasteiger partial charge in [0, 0.05) is 32.4 Å². The van der Waals surface area contributed by atoms with Crippen molar-refractivity contribution >= 4 is 11.8 Å². The molecule has 0 aliphatic carbocycles. The Morgan fingerprint density at radius 3 is 2.52 bits per heavy atom. The minimum absolute atomic E-state index is 0.202. The lowest BCUT2D eigenvalue weighted by Crippen LogP contribution is -2.46. The van der Waals surface area contributed by atoms with Crippen molar-refractivity contribution in [3.05, 3.63) is 54.2 Å². The van der Waals surface area contributed by atoms with Crippen LogP contribution in [0.2, 0.25) is 0 Å². The second-order valence-corrected chi connectivity index (χ2v) is 6.30. The van der Waals surface area contributed by atoms with E-state index in [1.165, 1.54) is 7.11 Å². The number of piperidine rings is 1. The van der Waals surface area contributed by atoms with Crippen molar-refractivity contribution in [2.45, 2.75) is 24.9 Å². The molecule has 1 aromatic heterocycles. The van der Waals surface area contributed by atoms with Crippen LogP contribution in [-0.4, -0.2) is 54.4 Å². The number of carbonyl (C=O) groups excluding carboxylic acids is 1. The van der Waals surface area contributed by atoms with Crippen LogP contribution in [0.3, 0.4) is 0 Å². The van der Waals surface area contributed by atoms with E-state index < -0.39 is 0 Å². The van der Waals surface area contributed by atoms with E-state index in [0.29, 0.717) is 6.04 Å². The summed E-state index contributed by atoms with van der Waals surface area (Å²) in [5, 5.41) is 8.14. The van der Waals surface area contributed by atoms with E-state index in [2.05, 4.69) is 27.0 Å². The Balaban J connectivity index is 1.68. The molecule has 1 saturated heterocycles. The van der Waals surface area contributed by atoms with Crippen molar-refractivity contribution in [3.63, 3.8) is 0 Å². The van der Waals surface area contributed by atoms with E-state index >= 15 is 0 Å². The monoisotopic (exact) mass is 340 g/mol. The van der Waals surface area contributed by atoms with E-state index in [9.17, 15) is 4.79 Å². The van der Waals surface area contributed by atoms with Gasteiger partial charge in [-0.1, -0.05) is 30.3 Å². The minimum atomic E-state index is -0.339. The van der Waals surface area contributed by atoms with Crippen molar-refractivity contribution in [2.75, 3.05) is 32.1 Å². The molecule has 0 N–H and O–H groups in total. The average Bonchev–Trinajstić information content (AvgIpc) is 2.69. The number of carbonyl (C=O) groups is 1. The Morgan fingerprint density at radius 2 is 1.92 bits per heavy atom. The lowest BCUT2D eigenvalue weighted by molar-refractivity contribution is -0.147. The lowest BCUT2D eigenvalue weighted by Gasteiger charge is -2.39. The molecule has 25 heavy (non-hydrogen) atoms. The van der Waals surface area contributed by atoms with Gasteiger partial charge in [0.2, 0.25) is 0 Å². The van der Waals surface area contributed by atoms with Gasteiger partial charge in [0.15, 0.2) is 5.82 Å². The first-order chi connectivity index (χ1) is 12.2. The fraction of sp³-hybridized carbons (Fsp3) is 0.421. The molecule has 1 aliphatic heterocycles. The second-order valence-electron chi connectivity index (χ2n) is 6.30. The number of hydrogen-bond acceptors (Lipinski definition) is 6. The van der Waals surface area contributed by atoms with Crippen LogP contribution >= 0.6 is 0 Å². The first kappa shape index (κ1) is 17.4. The van der Waals surface area contributed by atoms with Crippen LogP contribution in [0, 0.1) is 0 Å². The maximum atomic E-state index is 12.4. The average molecular weight is 340 g/mol. The summed E-state index contributed by atoms with van der Waals surface area (Å²) in [6.45, 7) is 1.67. The molecular weight excluding hydrogens is 316 g/mol. The van der Waals surface area contributed by atoms with Gasteiger partial charge < -0.3 is 9.64 Å². The van der Waals surface area contributed by atoms with E-state index in [4.69, 9.17) is 4.74 Å². The highest BCUT2D eigenvalue weighted by Crippen LogP contribution is 2.28. The zero-order valence-corrected chi connectivity index (χ0v) is 14.7. The summed E-state index contributed by atoms with van der Waals surface area (Å²) in [6.07, 6.45) is 3.61. The third kappa shape index (κ3) is 3.96. The van der Waals surface area contributed by atoms with Gasteiger partial charge in [-0.15, -0.1) is 5.10 Å².